The highest BCUT2D eigenvalue weighted by Crippen LogP contribution is 2.24. The molecule has 0 radical (unpaired) electrons. The van der Waals surface area contributed by atoms with Gasteiger partial charge in [0.25, 0.3) is 5.91 Å². The quantitative estimate of drug-likeness (QED) is 0.518. The molecular weight excluding hydrogens is 382 g/mol. The Morgan fingerprint density at radius 2 is 1.87 bits per heavy atom. The number of likely N-dealkylation sites (N-methyl/N-ethyl adjacent to an activating group) is 1. The molecule has 0 unspecified atom stereocenters. The summed E-state index contributed by atoms with van der Waals surface area (Å²) in [7, 11) is 3.49. The zero-order valence-electron chi connectivity index (χ0n) is 19.8. The molecule has 0 aliphatic carbocycles. The first-order chi connectivity index (χ1) is 13.8. The van der Waals surface area contributed by atoms with Crippen LogP contribution < -0.4 is 5.32 Å². The standard InChI is InChI=1S/C23H37N3O4/c1-10-30-22(29)16(4)14-18(15(2)3)26(9)21(28)19(23(5,6)7)24-20(27)17-12-11-13-25(17)8/h11-15,18-19H,10H2,1-9H3,(H,24,27)/b16-14+/t18-,19-/m1/s1. The predicted octanol–water partition coefficient (Wildman–Crippen LogP) is 3.16. The maximum atomic E-state index is 13.5. The van der Waals surface area contributed by atoms with Crippen molar-refractivity contribution < 1.29 is 19.1 Å². The zero-order valence-corrected chi connectivity index (χ0v) is 19.8. The van der Waals surface area contributed by atoms with Crippen LogP contribution in [0, 0.1) is 11.3 Å². The summed E-state index contributed by atoms with van der Waals surface area (Å²) in [6, 6.07) is 2.44. The lowest BCUT2D eigenvalue weighted by Gasteiger charge is -2.37. The van der Waals surface area contributed by atoms with Crippen molar-refractivity contribution in [2.45, 2.75) is 60.5 Å². The smallest absolute Gasteiger partial charge is 0.333 e. The van der Waals surface area contributed by atoms with Crippen molar-refractivity contribution in [2.75, 3.05) is 13.7 Å². The highest BCUT2D eigenvalue weighted by atomic mass is 16.5. The second-order valence-electron chi connectivity index (χ2n) is 9.03. The van der Waals surface area contributed by atoms with Crippen molar-refractivity contribution in [1.82, 2.24) is 14.8 Å². The average molecular weight is 420 g/mol. The molecule has 0 saturated heterocycles. The van der Waals surface area contributed by atoms with Gasteiger partial charge in [0.15, 0.2) is 0 Å². The Morgan fingerprint density at radius 3 is 2.30 bits per heavy atom. The fourth-order valence-corrected chi connectivity index (χ4v) is 3.22. The first-order valence-corrected chi connectivity index (χ1v) is 10.4. The lowest BCUT2D eigenvalue weighted by Crippen LogP contribution is -2.56. The molecule has 0 fully saturated rings. The molecule has 0 aliphatic heterocycles. The van der Waals surface area contributed by atoms with Gasteiger partial charge >= 0.3 is 5.97 Å². The van der Waals surface area contributed by atoms with Crippen LogP contribution in [0.4, 0.5) is 0 Å². The largest absolute Gasteiger partial charge is 0.463 e. The molecule has 2 amide bonds. The van der Waals surface area contributed by atoms with Gasteiger partial charge in [-0.3, -0.25) is 9.59 Å². The van der Waals surface area contributed by atoms with E-state index in [0.29, 0.717) is 17.9 Å². The highest BCUT2D eigenvalue weighted by Gasteiger charge is 2.37. The molecule has 1 N–H and O–H groups in total. The van der Waals surface area contributed by atoms with Crippen molar-refractivity contribution in [3.63, 3.8) is 0 Å². The summed E-state index contributed by atoms with van der Waals surface area (Å²) >= 11 is 0. The van der Waals surface area contributed by atoms with E-state index in [-0.39, 0.29) is 23.8 Å². The minimum atomic E-state index is -0.734. The fraction of sp³-hybridized carbons (Fsp3) is 0.609. The van der Waals surface area contributed by atoms with Gasteiger partial charge in [0, 0.05) is 25.9 Å². The molecule has 1 aromatic rings. The monoisotopic (exact) mass is 419 g/mol. The molecule has 7 heteroatoms. The van der Waals surface area contributed by atoms with Gasteiger partial charge in [-0.2, -0.15) is 0 Å². The van der Waals surface area contributed by atoms with Gasteiger partial charge in [-0.05, 0) is 37.3 Å². The Labute approximate surface area is 180 Å². The van der Waals surface area contributed by atoms with Crippen molar-refractivity contribution in [1.29, 1.82) is 0 Å². The van der Waals surface area contributed by atoms with Crippen LogP contribution >= 0.6 is 0 Å². The molecule has 168 valence electrons. The van der Waals surface area contributed by atoms with Crippen LogP contribution in [0.5, 0.6) is 0 Å². The zero-order chi connectivity index (χ0) is 23.2. The van der Waals surface area contributed by atoms with Gasteiger partial charge < -0.3 is 19.5 Å². The summed E-state index contributed by atoms with van der Waals surface area (Å²) in [6.07, 6.45) is 3.55. The van der Waals surface area contributed by atoms with Gasteiger partial charge in [0.2, 0.25) is 5.91 Å². The number of esters is 1. The van der Waals surface area contributed by atoms with E-state index in [1.54, 1.807) is 61.8 Å². The van der Waals surface area contributed by atoms with E-state index in [4.69, 9.17) is 4.74 Å². The van der Waals surface area contributed by atoms with Gasteiger partial charge in [0.1, 0.15) is 11.7 Å². The molecule has 0 saturated carbocycles. The number of rotatable bonds is 8. The summed E-state index contributed by atoms with van der Waals surface area (Å²) in [5, 5.41) is 2.91. The van der Waals surface area contributed by atoms with Gasteiger partial charge in [-0.15, -0.1) is 0 Å². The second-order valence-corrected chi connectivity index (χ2v) is 9.03. The molecule has 2 atom stereocenters. The van der Waals surface area contributed by atoms with E-state index in [1.807, 2.05) is 34.6 Å². The number of nitrogens with zero attached hydrogens (tertiary/aromatic N) is 2. The topological polar surface area (TPSA) is 80.6 Å². The third kappa shape index (κ3) is 6.47. The number of carbonyl (C=O) groups excluding carboxylic acids is 3. The summed E-state index contributed by atoms with van der Waals surface area (Å²) in [4.78, 5) is 39.9. The van der Waals surface area contributed by atoms with Gasteiger partial charge in [-0.1, -0.05) is 40.7 Å². The molecule has 30 heavy (non-hydrogen) atoms. The van der Waals surface area contributed by atoms with E-state index in [1.165, 1.54) is 0 Å². The highest BCUT2D eigenvalue weighted by molar-refractivity contribution is 5.97. The van der Waals surface area contributed by atoms with E-state index in [2.05, 4.69) is 5.32 Å². The average Bonchev–Trinajstić information content (AvgIpc) is 3.07. The van der Waals surface area contributed by atoms with Crippen molar-refractivity contribution in [2.24, 2.45) is 18.4 Å². The lowest BCUT2D eigenvalue weighted by molar-refractivity contribution is -0.139. The Hall–Kier alpha value is -2.57. The number of aryl methyl sites for hydroxylation is 1. The molecule has 1 aromatic heterocycles. The minimum absolute atomic E-state index is 0.0625. The Morgan fingerprint density at radius 1 is 1.27 bits per heavy atom. The van der Waals surface area contributed by atoms with E-state index in [9.17, 15) is 14.4 Å². The maximum Gasteiger partial charge on any atom is 0.333 e. The molecule has 0 aromatic carbocycles. The molecule has 1 heterocycles. The number of aromatic nitrogens is 1. The first-order valence-electron chi connectivity index (χ1n) is 10.4. The van der Waals surface area contributed by atoms with Crippen molar-refractivity contribution >= 4 is 17.8 Å². The van der Waals surface area contributed by atoms with Crippen LogP contribution in [0.2, 0.25) is 0 Å². The molecule has 0 bridgehead atoms. The molecule has 0 aliphatic rings. The van der Waals surface area contributed by atoms with Crippen molar-refractivity contribution in [3.8, 4) is 0 Å². The first kappa shape index (κ1) is 25.5. The Balaban J connectivity index is 3.17. The molecular formula is C23H37N3O4. The van der Waals surface area contributed by atoms with Crippen molar-refractivity contribution in [3.05, 3.63) is 35.7 Å². The van der Waals surface area contributed by atoms with Crippen LogP contribution in [-0.4, -0.2) is 53.0 Å². The van der Waals surface area contributed by atoms with E-state index in [0.717, 1.165) is 0 Å². The summed E-state index contributed by atoms with van der Waals surface area (Å²) in [6.45, 7) is 13.4. The molecule has 0 spiro atoms. The number of nitrogens with one attached hydrogen (secondary N) is 1. The lowest BCUT2D eigenvalue weighted by atomic mass is 9.85. The number of hydrogen-bond donors (Lipinski definition) is 1. The number of carbonyl (C=O) groups is 3. The number of ether oxygens (including phenoxy) is 1. The van der Waals surface area contributed by atoms with Crippen LogP contribution in [0.1, 0.15) is 59.0 Å². The van der Waals surface area contributed by atoms with Crippen LogP contribution in [0.15, 0.2) is 30.0 Å². The maximum absolute atomic E-state index is 13.5. The summed E-state index contributed by atoms with van der Waals surface area (Å²) in [5.41, 5.74) is 0.432. The number of hydrogen-bond acceptors (Lipinski definition) is 4. The third-order valence-electron chi connectivity index (χ3n) is 5.06. The van der Waals surface area contributed by atoms with E-state index >= 15 is 0 Å². The predicted molar refractivity (Wildman–Crippen MR) is 118 cm³/mol. The van der Waals surface area contributed by atoms with Crippen LogP contribution in [0.3, 0.4) is 0 Å². The SMILES string of the molecule is CCOC(=O)/C(C)=C/[C@H](C(C)C)N(C)C(=O)[C@@H](NC(=O)c1cccn1C)C(C)(C)C. The third-order valence-corrected chi connectivity index (χ3v) is 5.06. The Bertz CT molecular complexity index is 787. The minimum Gasteiger partial charge on any atom is -0.463 e. The second kappa shape index (κ2) is 10.5. The van der Waals surface area contributed by atoms with Gasteiger partial charge in [-0.25, -0.2) is 4.79 Å². The van der Waals surface area contributed by atoms with Crippen LogP contribution in [0.25, 0.3) is 0 Å². The molecule has 1 rings (SSSR count). The molecule has 7 nitrogen and oxygen atoms in total. The Kier molecular flexibility index (Phi) is 8.88. The normalized spacial score (nSPS) is 14.3. The summed E-state index contributed by atoms with van der Waals surface area (Å²) < 4.78 is 6.78. The van der Waals surface area contributed by atoms with Gasteiger partial charge in [0.05, 0.1) is 12.6 Å². The number of amides is 2. The fourth-order valence-electron chi connectivity index (χ4n) is 3.22. The van der Waals surface area contributed by atoms with Crippen LogP contribution in [-0.2, 0) is 21.4 Å². The van der Waals surface area contributed by atoms with E-state index < -0.39 is 17.4 Å². The summed E-state index contributed by atoms with van der Waals surface area (Å²) in [5.74, 6) is -0.846.